The van der Waals surface area contributed by atoms with Gasteiger partial charge in [-0.15, -0.1) is 11.3 Å². The highest BCUT2D eigenvalue weighted by Crippen LogP contribution is 2.25. The molecule has 2 aliphatic rings. The number of piperidine rings is 2. The first-order chi connectivity index (χ1) is 15.0. The van der Waals surface area contributed by atoms with Gasteiger partial charge in [0.05, 0.1) is 10.7 Å². The van der Waals surface area contributed by atoms with Gasteiger partial charge in [0.2, 0.25) is 5.91 Å². The molecule has 6 nitrogen and oxygen atoms in total. The summed E-state index contributed by atoms with van der Waals surface area (Å²) in [6.45, 7) is 7.70. The number of likely N-dealkylation sites (tertiary alicyclic amines) is 2. The molecule has 0 saturated carbocycles. The molecule has 2 fully saturated rings. The van der Waals surface area contributed by atoms with E-state index in [1.54, 1.807) is 11.3 Å². The smallest absolute Gasteiger partial charge is 0.253 e. The van der Waals surface area contributed by atoms with Crippen LogP contribution >= 0.6 is 11.3 Å². The van der Waals surface area contributed by atoms with E-state index in [0.717, 1.165) is 61.1 Å². The summed E-state index contributed by atoms with van der Waals surface area (Å²) in [7, 11) is 0. The average molecular weight is 442 g/mol. The van der Waals surface area contributed by atoms with Crippen LogP contribution in [0.5, 0.6) is 5.75 Å². The van der Waals surface area contributed by atoms with E-state index in [9.17, 15) is 9.59 Å². The van der Waals surface area contributed by atoms with Gasteiger partial charge in [0.15, 0.2) is 0 Å². The number of amides is 2. The normalized spacial score (nSPS) is 18.3. The maximum atomic E-state index is 12.9. The Hall–Kier alpha value is -2.41. The zero-order valence-electron chi connectivity index (χ0n) is 18.4. The van der Waals surface area contributed by atoms with Crippen LogP contribution in [0.2, 0.25) is 0 Å². The Bertz CT molecular complexity index is 895. The summed E-state index contributed by atoms with van der Waals surface area (Å²) in [5.41, 5.74) is 1.57. The highest BCUT2D eigenvalue weighted by molar-refractivity contribution is 7.09. The van der Waals surface area contributed by atoms with Crippen molar-refractivity contribution in [3.8, 4) is 5.75 Å². The molecule has 2 saturated heterocycles. The molecular weight excluding hydrogens is 410 g/mol. The Morgan fingerprint density at radius 2 is 1.68 bits per heavy atom. The summed E-state index contributed by atoms with van der Waals surface area (Å²) in [4.78, 5) is 34.0. The topological polar surface area (TPSA) is 62.7 Å². The van der Waals surface area contributed by atoms with E-state index in [-0.39, 0.29) is 17.7 Å². The number of nitrogens with zero attached hydrogens (tertiary/aromatic N) is 3. The van der Waals surface area contributed by atoms with Crippen LogP contribution in [0.1, 0.15) is 53.7 Å². The van der Waals surface area contributed by atoms with E-state index in [1.807, 2.05) is 46.4 Å². The number of aryl methyl sites for hydroxylation is 1. The molecule has 7 heteroatoms. The lowest BCUT2D eigenvalue weighted by Gasteiger charge is -2.36. The van der Waals surface area contributed by atoms with Crippen LogP contribution in [0.3, 0.4) is 0 Å². The second kappa shape index (κ2) is 9.81. The van der Waals surface area contributed by atoms with Crippen LogP contribution in [-0.4, -0.2) is 52.8 Å². The van der Waals surface area contributed by atoms with E-state index in [1.165, 1.54) is 0 Å². The number of benzene rings is 1. The number of thiazole rings is 1. The molecule has 2 amide bonds. The van der Waals surface area contributed by atoms with Gasteiger partial charge in [-0.1, -0.05) is 6.92 Å². The minimum Gasteiger partial charge on any atom is -0.487 e. The predicted molar refractivity (Wildman–Crippen MR) is 121 cm³/mol. The van der Waals surface area contributed by atoms with Crippen LogP contribution in [0.25, 0.3) is 0 Å². The van der Waals surface area contributed by atoms with E-state index in [2.05, 4.69) is 11.9 Å². The molecule has 4 rings (SSSR count). The summed E-state index contributed by atoms with van der Waals surface area (Å²) >= 11 is 1.61. The molecule has 0 radical (unpaired) electrons. The van der Waals surface area contributed by atoms with Gasteiger partial charge < -0.3 is 14.5 Å². The molecule has 0 N–H and O–H groups in total. The van der Waals surface area contributed by atoms with Crippen molar-refractivity contribution in [1.82, 2.24) is 14.8 Å². The van der Waals surface area contributed by atoms with Gasteiger partial charge in [0.1, 0.15) is 12.4 Å². The summed E-state index contributed by atoms with van der Waals surface area (Å²) in [6.07, 6.45) is 3.72. The number of ether oxygens (including phenoxy) is 1. The molecule has 0 unspecified atom stereocenters. The van der Waals surface area contributed by atoms with Gasteiger partial charge in [-0.05, 0) is 62.8 Å². The number of carbonyl (C=O) groups is 2. The van der Waals surface area contributed by atoms with Crippen molar-refractivity contribution in [3.63, 3.8) is 0 Å². The first kappa shape index (κ1) is 21.8. The average Bonchev–Trinajstić information content (AvgIpc) is 3.23. The fraction of sp³-hybridized carbons (Fsp3) is 0.542. The second-order valence-corrected chi connectivity index (χ2v) is 9.81. The fourth-order valence-electron chi connectivity index (χ4n) is 4.32. The lowest BCUT2D eigenvalue weighted by molar-refractivity contribution is -0.138. The summed E-state index contributed by atoms with van der Waals surface area (Å²) < 4.78 is 5.77. The fourth-order valence-corrected chi connectivity index (χ4v) is 4.92. The Morgan fingerprint density at radius 1 is 1.03 bits per heavy atom. The standard InChI is InChI=1S/C24H31N3O3S/c1-17-7-11-26(12-8-17)24(29)20-9-13-27(14-10-20)23(28)19-3-5-22(6-4-19)30-15-21-16-31-18(2)25-21/h3-6,16-17,20H,7-15H2,1-2H3. The molecule has 0 atom stereocenters. The van der Waals surface area contributed by atoms with E-state index in [4.69, 9.17) is 4.74 Å². The minimum absolute atomic E-state index is 0.0272. The first-order valence-electron chi connectivity index (χ1n) is 11.2. The molecule has 0 bridgehead atoms. The number of hydrogen-bond donors (Lipinski definition) is 0. The van der Waals surface area contributed by atoms with Crippen molar-refractivity contribution < 1.29 is 14.3 Å². The van der Waals surface area contributed by atoms with Gasteiger partial charge >= 0.3 is 0 Å². The maximum absolute atomic E-state index is 12.9. The Labute approximate surface area is 188 Å². The third-order valence-corrected chi connectivity index (χ3v) is 7.20. The Kier molecular flexibility index (Phi) is 6.90. The van der Waals surface area contributed by atoms with Gasteiger partial charge in [-0.25, -0.2) is 4.98 Å². The quantitative estimate of drug-likeness (QED) is 0.700. The van der Waals surface area contributed by atoms with Crippen molar-refractivity contribution in [2.45, 2.75) is 46.1 Å². The number of rotatable bonds is 5. The molecule has 2 aromatic rings. The summed E-state index contributed by atoms with van der Waals surface area (Å²) in [6, 6.07) is 7.30. The third-order valence-electron chi connectivity index (χ3n) is 6.38. The number of aromatic nitrogens is 1. The molecule has 166 valence electrons. The minimum atomic E-state index is 0.0272. The van der Waals surface area contributed by atoms with Crippen molar-refractivity contribution in [3.05, 3.63) is 45.9 Å². The molecule has 3 heterocycles. The lowest BCUT2D eigenvalue weighted by Crippen LogP contribution is -2.46. The van der Waals surface area contributed by atoms with Crippen LogP contribution in [0, 0.1) is 18.8 Å². The predicted octanol–water partition coefficient (Wildman–Crippen LogP) is 4.14. The molecule has 1 aromatic heterocycles. The summed E-state index contributed by atoms with van der Waals surface area (Å²) in [5, 5.41) is 3.02. The van der Waals surface area contributed by atoms with Crippen LogP contribution in [-0.2, 0) is 11.4 Å². The third kappa shape index (κ3) is 5.45. The molecular formula is C24H31N3O3S. The van der Waals surface area contributed by atoms with E-state index < -0.39 is 0 Å². The van der Waals surface area contributed by atoms with Crippen LogP contribution in [0.15, 0.2) is 29.6 Å². The van der Waals surface area contributed by atoms with E-state index in [0.29, 0.717) is 25.3 Å². The van der Waals surface area contributed by atoms with Crippen molar-refractivity contribution in [2.24, 2.45) is 11.8 Å². The molecule has 0 spiro atoms. The molecule has 31 heavy (non-hydrogen) atoms. The lowest BCUT2D eigenvalue weighted by atomic mass is 9.92. The Morgan fingerprint density at radius 3 is 2.29 bits per heavy atom. The molecule has 1 aromatic carbocycles. The zero-order valence-corrected chi connectivity index (χ0v) is 19.2. The number of hydrogen-bond acceptors (Lipinski definition) is 5. The Balaban J connectivity index is 1.26. The van der Waals surface area contributed by atoms with Crippen LogP contribution < -0.4 is 4.74 Å². The van der Waals surface area contributed by atoms with Crippen LogP contribution in [0.4, 0.5) is 0 Å². The SMILES string of the molecule is Cc1nc(COc2ccc(C(=O)N3CCC(C(=O)N4CCC(C)CC4)CC3)cc2)cs1. The first-order valence-corrected chi connectivity index (χ1v) is 12.1. The second-order valence-electron chi connectivity index (χ2n) is 8.75. The highest BCUT2D eigenvalue weighted by atomic mass is 32.1. The maximum Gasteiger partial charge on any atom is 0.253 e. The van der Waals surface area contributed by atoms with Gasteiger partial charge in [0, 0.05) is 43.0 Å². The number of carbonyl (C=O) groups excluding carboxylic acids is 2. The van der Waals surface area contributed by atoms with Gasteiger partial charge in [-0.2, -0.15) is 0 Å². The van der Waals surface area contributed by atoms with Crippen molar-refractivity contribution in [1.29, 1.82) is 0 Å². The van der Waals surface area contributed by atoms with Crippen molar-refractivity contribution >= 4 is 23.2 Å². The van der Waals surface area contributed by atoms with Gasteiger partial charge in [0.25, 0.3) is 5.91 Å². The monoisotopic (exact) mass is 441 g/mol. The zero-order chi connectivity index (χ0) is 21.8. The summed E-state index contributed by atoms with van der Waals surface area (Å²) in [5.74, 6) is 1.82. The largest absolute Gasteiger partial charge is 0.487 e. The van der Waals surface area contributed by atoms with E-state index >= 15 is 0 Å². The van der Waals surface area contributed by atoms with Gasteiger partial charge in [-0.3, -0.25) is 9.59 Å². The highest BCUT2D eigenvalue weighted by Gasteiger charge is 2.31. The molecule has 2 aliphatic heterocycles. The molecule has 0 aliphatic carbocycles. The van der Waals surface area contributed by atoms with Crippen molar-refractivity contribution in [2.75, 3.05) is 26.2 Å².